The van der Waals surface area contributed by atoms with Gasteiger partial charge in [0.05, 0.1) is 14.2 Å². The summed E-state index contributed by atoms with van der Waals surface area (Å²) in [6, 6.07) is 11.1. The minimum absolute atomic E-state index is 0.241. The van der Waals surface area contributed by atoms with Gasteiger partial charge in [-0.05, 0) is 48.2 Å². The lowest BCUT2D eigenvalue weighted by molar-refractivity contribution is 0.386. The minimum atomic E-state index is -0.372. The molecular weight excluding hydrogens is 333 g/mol. The number of nitrogens with zero attached hydrogens (tertiary/aromatic N) is 1. The van der Waals surface area contributed by atoms with Crippen LogP contribution in [-0.2, 0) is 13.0 Å². The van der Waals surface area contributed by atoms with Gasteiger partial charge in [-0.2, -0.15) is 0 Å². The molecule has 0 spiro atoms. The maximum atomic E-state index is 13.7. The number of aryl methyl sites for hydroxylation is 1. The molecule has 0 aliphatic carbocycles. The number of aliphatic imine (C=N–C) groups is 1. The Hall–Kier alpha value is -2.76. The van der Waals surface area contributed by atoms with E-state index in [9.17, 15) is 4.39 Å². The summed E-state index contributed by atoms with van der Waals surface area (Å²) in [6.45, 7) is 3.22. The topological polar surface area (TPSA) is 54.9 Å². The highest BCUT2D eigenvalue weighted by Crippen LogP contribution is 2.19. The number of rotatable bonds is 7. The van der Waals surface area contributed by atoms with E-state index in [2.05, 4.69) is 27.8 Å². The molecule has 5 nitrogen and oxygen atoms in total. The van der Waals surface area contributed by atoms with Crippen molar-refractivity contribution in [2.24, 2.45) is 4.99 Å². The lowest BCUT2D eigenvalue weighted by Gasteiger charge is -2.13. The van der Waals surface area contributed by atoms with Gasteiger partial charge in [0.1, 0.15) is 5.75 Å². The Kier molecular flexibility index (Phi) is 7.26. The molecule has 0 aliphatic rings. The van der Waals surface area contributed by atoms with Crippen LogP contribution in [0.1, 0.15) is 16.7 Å². The predicted molar refractivity (Wildman–Crippen MR) is 103 cm³/mol. The van der Waals surface area contributed by atoms with E-state index in [-0.39, 0.29) is 11.6 Å². The van der Waals surface area contributed by atoms with Gasteiger partial charge in [-0.15, -0.1) is 0 Å². The third kappa shape index (κ3) is 5.37. The molecule has 0 heterocycles. The van der Waals surface area contributed by atoms with Crippen molar-refractivity contribution >= 4 is 5.96 Å². The Bertz CT molecular complexity index is 763. The number of methoxy groups -OCH3 is 2. The van der Waals surface area contributed by atoms with Gasteiger partial charge in [0.2, 0.25) is 0 Å². The van der Waals surface area contributed by atoms with Crippen LogP contribution in [-0.4, -0.2) is 33.8 Å². The smallest absolute Gasteiger partial charge is 0.191 e. The SMILES string of the molecule is CN=C(NCCc1ccc(C)c(OC)c1)NCc1ccc(OC)c(F)c1. The minimum Gasteiger partial charge on any atom is -0.496 e. The van der Waals surface area contributed by atoms with Gasteiger partial charge in [0.25, 0.3) is 0 Å². The van der Waals surface area contributed by atoms with Crippen LogP contribution in [0.4, 0.5) is 4.39 Å². The lowest BCUT2D eigenvalue weighted by Crippen LogP contribution is -2.37. The Labute approximate surface area is 154 Å². The van der Waals surface area contributed by atoms with Crippen LogP contribution in [0.2, 0.25) is 0 Å². The summed E-state index contributed by atoms with van der Waals surface area (Å²) in [5, 5.41) is 6.43. The molecule has 0 aromatic heterocycles. The average Bonchev–Trinajstić information content (AvgIpc) is 2.65. The summed E-state index contributed by atoms with van der Waals surface area (Å²) in [6.07, 6.45) is 0.842. The highest BCUT2D eigenvalue weighted by molar-refractivity contribution is 5.79. The average molecular weight is 359 g/mol. The van der Waals surface area contributed by atoms with E-state index in [4.69, 9.17) is 9.47 Å². The van der Waals surface area contributed by atoms with Crippen molar-refractivity contribution in [3.63, 3.8) is 0 Å². The maximum absolute atomic E-state index is 13.7. The molecule has 0 amide bonds. The van der Waals surface area contributed by atoms with Gasteiger partial charge in [-0.1, -0.05) is 18.2 Å². The molecule has 6 heteroatoms. The molecule has 0 unspecified atom stereocenters. The standard InChI is InChI=1S/C20H26FN3O2/c1-14-5-6-15(12-19(14)26-4)9-10-23-20(22-2)24-13-16-7-8-18(25-3)17(21)11-16/h5-8,11-12H,9-10,13H2,1-4H3,(H2,22,23,24). The fourth-order valence-electron chi connectivity index (χ4n) is 2.57. The van der Waals surface area contributed by atoms with Crippen LogP contribution in [0.25, 0.3) is 0 Å². The molecule has 0 fully saturated rings. The van der Waals surface area contributed by atoms with E-state index in [1.54, 1.807) is 20.2 Å². The van der Waals surface area contributed by atoms with Crippen LogP contribution in [0, 0.1) is 12.7 Å². The van der Waals surface area contributed by atoms with E-state index in [0.717, 1.165) is 29.8 Å². The van der Waals surface area contributed by atoms with Crippen LogP contribution in [0.3, 0.4) is 0 Å². The molecule has 0 atom stereocenters. The number of benzene rings is 2. The van der Waals surface area contributed by atoms with E-state index in [1.807, 2.05) is 19.1 Å². The summed E-state index contributed by atoms with van der Waals surface area (Å²) in [5.41, 5.74) is 3.12. The Morgan fingerprint density at radius 1 is 1.00 bits per heavy atom. The van der Waals surface area contributed by atoms with Gasteiger partial charge >= 0.3 is 0 Å². The fraction of sp³-hybridized carbons (Fsp3) is 0.350. The first-order valence-electron chi connectivity index (χ1n) is 8.47. The predicted octanol–water partition coefficient (Wildman–Crippen LogP) is 3.06. The third-order valence-corrected chi connectivity index (χ3v) is 4.08. The molecule has 26 heavy (non-hydrogen) atoms. The summed E-state index contributed by atoms with van der Waals surface area (Å²) in [5.74, 6) is 1.43. The monoisotopic (exact) mass is 359 g/mol. The number of hydrogen-bond acceptors (Lipinski definition) is 3. The van der Waals surface area contributed by atoms with Crippen LogP contribution in [0.15, 0.2) is 41.4 Å². The summed E-state index contributed by atoms with van der Waals surface area (Å²) >= 11 is 0. The second-order valence-corrected chi connectivity index (χ2v) is 5.88. The van der Waals surface area contributed by atoms with Gasteiger partial charge in [0, 0.05) is 20.1 Å². The van der Waals surface area contributed by atoms with Gasteiger partial charge in [-0.25, -0.2) is 4.39 Å². The summed E-state index contributed by atoms with van der Waals surface area (Å²) in [4.78, 5) is 4.19. The molecule has 0 saturated carbocycles. The summed E-state index contributed by atoms with van der Waals surface area (Å²) < 4.78 is 24.0. The number of ether oxygens (including phenoxy) is 2. The Balaban J connectivity index is 1.83. The summed E-state index contributed by atoms with van der Waals surface area (Å²) in [7, 11) is 4.84. The van der Waals surface area contributed by atoms with Crippen LogP contribution >= 0.6 is 0 Å². The van der Waals surface area contributed by atoms with Crippen LogP contribution < -0.4 is 20.1 Å². The quantitative estimate of drug-likeness (QED) is 0.589. The molecule has 0 bridgehead atoms. The molecule has 2 aromatic carbocycles. The Morgan fingerprint density at radius 3 is 2.38 bits per heavy atom. The van der Waals surface area contributed by atoms with Crippen molar-refractivity contribution in [1.82, 2.24) is 10.6 Å². The van der Waals surface area contributed by atoms with E-state index in [0.29, 0.717) is 12.5 Å². The highest BCUT2D eigenvalue weighted by atomic mass is 19.1. The van der Waals surface area contributed by atoms with Crippen LogP contribution in [0.5, 0.6) is 11.5 Å². The van der Waals surface area contributed by atoms with Crippen molar-refractivity contribution in [1.29, 1.82) is 0 Å². The van der Waals surface area contributed by atoms with Crippen molar-refractivity contribution in [2.45, 2.75) is 19.9 Å². The second kappa shape index (κ2) is 9.65. The zero-order valence-corrected chi connectivity index (χ0v) is 15.7. The molecule has 2 aromatic rings. The second-order valence-electron chi connectivity index (χ2n) is 5.88. The molecular formula is C20H26FN3O2. The molecule has 2 N–H and O–H groups in total. The first kappa shape index (κ1) is 19.6. The van der Waals surface area contributed by atoms with Crippen molar-refractivity contribution < 1.29 is 13.9 Å². The van der Waals surface area contributed by atoms with Crippen molar-refractivity contribution in [3.05, 3.63) is 58.9 Å². The van der Waals surface area contributed by atoms with Gasteiger partial charge in [-0.3, -0.25) is 4.99 Å². The highest BCUT2D eigenvalue weighted by Gasteiger charge is 2.05. The third-order valence-electron chi connectivity index (χ3n) is 4.08. The van der Waals surface area contributed by atoms with E-state index >= 15 is 0 Å². The van der Waals surface area contributed by atoms with E-state index in [1.165, 1.54) is 18.7 Å². The van der Waals surface area contributed by atoms with Crippen molar-refractivity contribution in [2.75, 3.05) is 27.8 Å². The molecule has 0 radical (unpaired) electrons. The van der Waals surface area contributed by atoms with E-state index < -0.39 is 0 Å². The van der Waals surface area contributed by atoms with Gasteiger partial charge < -0.3 is 20.1 Å². The number of hydrogen-bond donors (Lipinski definition) is 2. The number of nitrogens with one attached hydrogen (secondary N) is 2. The van der Waals surface area contributed by atoms with Crippen molar-refractivity contribution in [3.8, 4) is 11.5 Å². The normalized spacial score (nSPS) is 11.2. The number of guanidine groups is 1. The molecule has 2 rings (SSSR count). The largest absolute Gasteiger partial charge is 0.496 e. The lowest BCUT2D eigenvalue weighted by atomic mass is 10.1. The zero-order chi connectivity index (χ0) is 18.9. The zero-order valence-electron chi connectivity index (χ0n) is 15.7. The number of halogens is 1. The van der Waals surface area contributed by atoms with Gasteiger partial charge in [0.15, 0.2) is 17.5 Å². The molecule has 140 valence electrons. The first-order chi connectivity index (χ1) is 12.6. The fourth-order valence-corrected chi connectivity index (χ4v) is 2.57. The first-order valence-corrected chi connectivity index (χ1v) is 8.47. The molecule has 0 aliphatic heterocycles. The Morgan fingerprint density at radius 2 is 1.73 bits per heavy atom. The molecule has 0 saturated heterocycles. The maximum Gasteiger partial charge on any atom is 0.191 e.